The molecular formula is C29H38F4OSi. The Labute approximate surface area is 208 Å². The van der Waals surface area contributed by atoms with E-state index in [0.29, 0.717) is 17.0 Å². The molecule has 0 unspecified atom stereocenters. The Morgan fingerprint density at radius 1 is 0.829 bits per heavy atom. The maximum absolute atomic E-state index is 14.1. The van der Waals surface area contributed by atoms with Gasteiger partial charge in [0.25, 0.3) is 0 Å². The molecule has 0 spiro atoms. The third kappa shape index (κ3) is 6.90. The molecule has 1 heterocycles. The predicted molar refractivity (Wildman–Crippen MR) is 137 cm³/mol. The molecule has 192 valence electrons. The van der Waals surface area contributed by atoms with Gasteiger partial charge in [0, 0.05) is 8.80 Å². The van der Waals surface area contributed by atoms with Crippen LogP contribution >= 0.6 is 0 Å². The second-order valence-electron chi connectivity index (χ2n) is 10.7. The van der Waals surface area contributed by atoms with Crippen LogP contribution in [0.15, 0.2) is 36.4 Å². The molecule has 4 rings (SSSR count). The van der Waals surface area contributed by atoms with Crippen LogP contribution in [0.4, 0.5) is 17.6 Å². The molecule has 1 saturated carbocycles. The van der Waals surface area contributed by atoms with Gasteiger partial charge in [0.2, 0.25) is 0 Å². The topological polar surface area (TPSA) is 9.23 Å². The number of hydrogen-bond acceptors (Lipinski definition) is 1. The highest BCUT2D eigenvalue weighted by Gasteiger charge is 2.31. The molecule has 0 amide bonds. The Bertz CT molecular complexity index is 909. The van der Waals surface area contributed by atoms with Crippen LogP contribution in [0.2, 0.25) is 18.1 Å². The Hall–Kier alpha value is -1.82. The smallest absolute Gasteiger partial charge is 0.387 e. The summed E-state index contributed by atoms with van der Waals surface area (Å²) in [5.74, 6) is -0.924. The van der Waals surface area contributed by atoms with Crippen LogP contribution in [0, 0.1) is 23.5 Å². The summed E-state index contributed by atoms with van der Waals surface area (Å²) in [5, 5.41) is 0. The summed E-state index contributed by atoms with van der Waals surface area (Å²) in [5.41, 5.74) is 2.24. The van der Waals surface area contributed by atoms with E-state index < -0.39 is 32.8 Å². The molecule has 2 aromatic carbocycles. The maximum Gasteiger partial charge on any atom is 0.387 e. The number of unbranched alkanes of at least 4 members (excludes halogenated alkanes) is 2. The van der Waals surface area contributed by atoms with Crippen molar-refractivity contribution in [2.75, 3.05) is 0 Å². The van der Waals surface area contributed by atoms with Crippen molar-refractivity contribution in [1.82, 2.24) is 0 Å². The minimum Gasteiger partial charge on any atom is -0.429 e. The van der Waals surface area contributed by atoms with E-state index in [1.165, 1.54) is 63.4 Å². The zero-order valence-electron chi connectivity index (χ0n) is 20.8. The predicted octanol–water partition coefficient (Wildman–Crippen LogP) is 9.33. The highest BCUT2D eigenvalue weighted by molar-refractivity contribution is 6.58. The monoisotopic (exact) mass is 506 g/mol. The first-order valence-corrected chi connectivity index (χ1v) is 15.9. The van der Waals surface area contributed by atoms with Gasteiger partial charge in [0.15, 0.2) is 17.4 Å². The standard InChI is InChI=1S/C29H38F4OSi/c1-2-3-4-15-35-16-13-24(14-17-35)22-7-5-20(6-8-22)21-9-11-23(12-10-21)25-18-26(30)28(27(31)19-25)34-29(32)33/h9-12,18-20,22,24,29,35H,2-8,13-17H2,1H3. The third-order valence-electron chi connectivity index (χ3n) is 8.47. The third-order valence-corrected chi connectivity index (χ3v) is 12.0. The maximum atomic E-state index is 14.1. The van der Waals surface area contributed by atoms with Gasteiger partial charge in [-0.15, -0.1) is 0 Å². The Morgan fingerprint density at radius 3 is 2.00 bits per heavy atom. The number of hydrogen-bond donors (Lipinski definition) is 0. The summed E-state index contributed by atoms with van der Waals surface area (Å²) in [6.07, 6.45) is 12.2. The summed E-state index contributed by atoms with van der Waals surface area (Å²) in [6.45, 7) is -0.979. The van der Waals surface area contributed by atoms with Crippen molar-refractivity contribution in [1.29, 1.82) is 0 Å². The lowest BCUT2D eigenvalue weighted by Gasteiger charge is -2.37. The number of alkyl halides is 2. The fourth-order valence-electron chi connectivity index (χ4n) is 6.43. The molecule has 0 N–H and O–H groups in total. The molecule has 0 atom stereocenters. The molecule has 0 bridgehead atoms. The highest BCUT2D eigenvalue weighted by Crippen LogP contribution is 2.44. The first-order chi connectivity index (χ1) is 16.9. The van der Waals surface area contributed by atoms with Crippen molar-refractivity contribution in [3.05, 3.63) is 53.6 Å². The van der Waals surface area contributed by atoms with E-state index in [1.807, 2.05) is 24.3 Å². The Balaban J connectivity index is 1.29. The number of benzene rings is 2. The van der Waals surface area contributed by atoms with Gasteiger partial charge in [-0.3, -0.25) is 0 Å². The average molecular weight is 507 g/mol. The van der Waals surface area contributed by atoms with Gasteiger partial charge in [-0.05, 0) is 72.3 Å². The molecule has 6 heteroatoms. The lowest BCUT2D eigenvalue weighted by Crippen LogP contribution is -2.28. The van der Waals surface area contributed by atoms with Crippen molar-refractivity contribution in [2.45, 2.75) is 95.4 Å². The zero-order chi connectivity index (χ0) is 24.8. The molecule has 2 aliphatic rings. The minimum absolute atomic E-state index is 0.311. The zero-order valence-corrected chi connectivity index (χ0v) is 21.9. The SMILES string of the molecule is CCCCC[SiH]1CCC(C2CCC(c3ccc(-c4cc(F)c(OC(F)F)c(F)c4)cc3)CC2)CC1. The molecule has 0 radical (unpaired) electrons. The lowest BCUT2D eigenvalue weighted by molar-refractivity contribution is -0.0546. The summed E-state index contributed by atoms with van der Waals surface area (Å²) in [4.78, 5) is 0. The van der Waals surface area contributed by atoms with Crippen molar-refractivity contribution < 1.29 is 22.3 Å². The van der Waals surface area contributed by atoms with Crippen molar-refractivity contribution >= 4 is 8.80 Å². The largest absolute Gasteiger partial charge is 0.429 e. The van der Waals surface area contributed by atoms with Crippen LogP contribution in [-0.4, -0.2) is 15.4 Å². The van der Waals surface area contributed by atoms with Crippen molar-refractivity contribution in [2.24, 2.45) is 11.8 Å². The van der Waals surface area contributed by atoms with Crippen LogP contribution in [-0.2, 0) is 0 Å². The van der Waals surface area contributed by atoms with Crippen LogP contribution in [0.3, 0.4) is 0 Å². The molecule has 1 nitrogen and oxygen atoms in total. The van der Waals surface area contributed by atoms with Gasteiger partial charge in [-0.2, -0.15) is 8.78 Å². The van der Waals surface area contributed by atoms with Gasteiger partial charge in [0.1, 0.15) is 0 Å². The fraction of sp³-hybridized carbons (Fsp3) is 0.586. The quantitative estimate of drug-likeness (QED) is 0.187. The van der Waals surface area contributed by atoms with E-state index in [2.05, 4.69) is 11.7 Å². The van der Waals surface area contributed by atoms with E-state index in [9.17, 15) is 17.6 Å². The molecule has 1 aliphatic carbocycles. The van der Waals surface area contributed by atoms with Gasteiger partial charge < -0.3 is 4.74 Å². The van der Waals surface area contributed by atoms with Crippen molar-refractivity contribution in [3.63, 3.8) is 0 Å². The fourth-order valence-corrected chi connectivity index (χ4v) is 9.96. The molecule has 1 aliphatic heterocycles. The summed E-state index contributed by atoms with van der Waals surface area (Å²) in [7, 11) is -0.446. The number of rotatable bonds is 9. The molecule has 2 fully saturated rings. The highest BCUT2D eigenvalue weighted by atomic mass is 28.3. The second kappa shape index (κ2) is 12.4. The van der Waals surface area contributed by atoms with Crippen LogP contribution in [0.5, 0.6) is 5.75 Å². The number of ether oxygens (including phenoxy) is 1. The molecule has 1 saturated heterocycles. The summed E-state index contributed by atoms with van der Waals surface area (Å²) in [6, 6.07) is 14.6. The first kappa shape index (κ1) is 26.2. The van der Waals surface area contributed by atoms with E-state index in [1.54, 1.807) is 18.1 Å². The van der Waals surface area contributed by atoms with Crippen LogP contribution in [0.25, 0.3) is 11.1 Å². The molecule has 2 aromatic rings. The van der Waals surface area contributed by atoms with E-state index in [-0.39, 0.29) is 0 Å². The molecule has 0 aromatic heterocycles. The van der Waals surface area contributed by atoms with Gasteiger partial charge in [-0.25, -0.2) is 8.78 Å². The Kier molecular flexibility index (Phi) is 9.32. The van der Waals surface area contributed by atoms with E-state index >= 15 is 0 Å². The average Bonchev–Trinajstić information content (AvgIpc) is 2.87. The number of halogens is 4. The van der Waals surface area contributed by atoms with Gasteiger partial charge in [0.05, 0.1) is 0 Å². The van der Waals surface area contributed by atoms with Crippen molar-refractivity contribution in [3.8, 4) is 16.9 Å². The molecular weight excluding hydrogens is 468 g/mol. The van der Waals surface area contributed by atoms with Crippen LogP contribution < -0.4 is 4.74 Å². The van der Waals surface area contributed by atoms with E-state index in [0.717, 1.165) is 24.0 Å². The minimum atomic E-state index is -3.27. The molecule has 35 heavy (non-hydrogen) atoms. The lowest BCUT2D eigenvalue weighted by atomic mass is 9.72. The van der Waals surface area contributed by atoms with Gasteiger partial charge >= 0.3 is 6.61 Å². The Morgan fingerprint density at radius 2 is 1.43 bits per heavy atom. The summed E-state index contributed by atoms with van der Waals surface area (Å²) >= 11 is 0. The van der Waals surface area contributed by atoms with Crippen LogP contribution in [0.1, 0.15) is 76.2 Å². The normalized spacial score (nSPS) is 25.1. The second-order valence-corrected chi connectivity index (χ2v) is 14.1. The van der Waals surface area contributed by atoms with E-state index in [4.69, 9.17) is 0 Å². The van der Waals surface area contributed by atoms with Gasteiger partial charge in [-0.1, -0.05) is 81.4 Å². The first-order valence-electron chi connectivity index (χ1n) is 13.5. The summed E-state index contributed by atoms with van der Waals surface area (Å²) < 4.78 is 56.9.